The number of benzene rings is 2. The summed E-state index contributed by atoms with van der Waals surface area (Å²) in [6, 6.07) is 18.3. The number of hydrogen-bond donors (Lipinski definition) is 0. The number of hydrogen-bond acceptors (Lipinski definition) is 3. The summed E-state index contributed by atoms with van der Waals surface area (Å²) in [5.74, 6) is -0.581. The van der Waals surface area contributed by atoms with Crippen LogP contribution in [-0.2, 0) is 16.1 Å². The molecule has 2 fully saturated rings. The Morgan fingerprint density at radius 3 is 2.43 bits per heavy atom. The predicted octanol–water partition coefficient (Wildman–Crippen LogP) is 2.69. The third kappa shape index (κ3) is 3.94. The van der Waals surface area contributed by atoms with Gasteiger partial charge in [-0.05, 0) is 36.6 Å². The summed E-state index contributed by atoms with van der Waals surface area (Å²) >= 11 is 0. The molecule has 2 amide bonds. The molecule has 28 heavy (non-hydrogen) atoms. The highest BCUT2D eigenvalue weighted by molar-refractivity contribution is 6.09. The molecule has 5 heteroatoms. The van der Waals surface area contributed by atoms with Crippen molar-refractivity contribution in [2.24, 2.45) is 5.92 Å². The Morgan fingerprint density at radius 1 is 0.964 bits per heavy atom. The molecule has 0 radical (unpaired) electrons. The van der Waals surface area contributed by atoms with Gasteiger partial charge in [-0.25, -0.2) is 0 Å². The molecule has 0 aliphatic carbocycles. The summed E-state index contributed by atoms with van der Waals surface area (Å²) in [4.78, 5) is 31.9. The van der Waals surface area contributed by atoms with Gasteiger partial charge in [-0.15, -0.1) is 0 Å². The summed E-state index contributed by atoms with van der Waals surface area (Å²) in [5.41, 5.74) is 3.31. The first kappa shape index (κ1) is 18.7. The molecular formula is C23H27N3O2. The molecule has 146 valence electrons. The van der Waals surface area contributed by atoms with Gasteiger partial charge in [0.1, 0.15) is 5.92 Å². The SMILES string of the molecule is Cc1cccc(N2CC[C@H](C(=O)N3CCN(Cc4ccccc4)CC3)C2=O)c1. The number of amides is 2. The average Bonchev–Trinajstić information content (AvgIpc) is 3.10. The molecule has 2 saturated heterocycles. The second-order valence-electron chi connectivity index (χ2n) is 7.76. The van der Waals surface area contributed by atoms with Crippen molar-refractivity contribution in [3.63, 3.8) is 0 Å². The molecule has 2 aliphatic rings. The van der Waals surface area contributed by atoms with Gasteiger partial charge in [0, 0.05) is 45.0 Å². The van der Waals surface area contributed by atoms with Crippen molar-refractivity contribution in [1.82, 2.24) is 9.80 Å². The average molecular weight is 377 g/mol. The number of carbonyl (C=O) groups is 2. The van der Waals surface area contributed by atoms with E-state index in [0.717, 1.165) is 30.9 Å². The minimum absolute atomic E-state index is 0.000450. The molecule has 2 aliphatic heterocycles. The fraction of sp³-hybridized carbons (Fsp3) is 0.391. The Morgan fingerprint density at radius 2 is 1.71 bits per heavy atom. The molecule has 0 unspecified atom stereocenters. The Balaban J connectivity index is 1.33. The van der Waals surface area contributed by atoms with Crippen LogP contribution in [0.3, 0.4) is 0 Å². The van der Waals surface area contributed by atoms with Crippen LogP contribution in [0.1, 0.15) is 17.5 Å². The van der Waals surface area contributed by atoms with Crippen molar-refractivity contribution in [2.75, 3.05) is 37.6 Å². The van der Waals surface area contributed by atoms with Crippen LogP contribution < -0.4 is 4.90 Å². The Bertz CT molecular complexity index is 844. The largest absolute Gasteiger partial charge is 0.339 e. The van der Waals surface area contributed by atoms with E-state index in [2.05, 4.69) is 29.2 Å². The molecule has 0 spiro atoms. The van der Waals surface area contributed by atoms with Crippen molar-refractivity contribution in [3.8, 4) is 0 Å². The van der Waals surface area contributed by atoms with Crippen LogP contribution in [0.25, 0.3) is 0 Å². The molecule has 2 aromatic carbocycles. The first-order valence-corrected chi connectivity index (χ1v) is 10.0. The first-order valence-electron chi connectivity index (χ1n) is 10.0. The van der Waals surface area contributed by atoms with Gasteiger partial charge in [-0.2, -0.15) is 0 Å². The Labute approximate surface area is 166 Å². The second-order valence-corrected chi connectivity index (χ2v) is 7.76. The Kier molecular flexibility index (Phi) is 5.44. The topological polar surface area (TPSA) is 43.9 Å². The summed E-state index contributed by atoms with van der Waals surface area (Å²) < 4.78 is 0. The standard InChI is InChI=1S/C23H27N3O2/c1-18-6-5-9-20(16-18)26-11-10-21(23(26)28)22(27)25-14-12-24(13-15-25)17-19-7-3-2-4-8-19/h2-9,16,21H,10-15,17H2,1H3/t21-/m1/s1. The van der Waals surface area contributed by atoms with Gasteiger partial charge in [-0.3, -0.25) is 14.5 Å². The van der Waals surface area contributed by atoms with Gasteiger partial charge in [0.25, 0.3) is 0 Å². The molecule has 0 saturated carbocycles. The van der Waals surface area contributed by atoms with Crippen molar-refractivity contribution < 1.29 is 9.59 Å². The zero-order chi connectivity index (χ0) is 19.5. The second kappa shape index (κ2) is 8.15. The lowest BCUT2D eigenvalue weighted by Crippen LogP contribution is -2.51. The van der Waals surface area contributed by atoms with E-state index in [1.165, 1.54) is 5.56 Å². The molecule has 1 atom stereocenters. The van der Waals surface area contributed by atoms with Crippen LogP contribution in [0.15, 0.2) is 54.6 Å². The van der Waals surface area contributed by atoms with Crippen LogP contribution in [0.2, 0.25) is 0 Å². The highest BCUT2D eigenvalue weighted by atomic mass is 16.2. The van der Waals surface area contributed by atoms with E-state index in [9.17, 15) is 9.59 Å². The number of carbonyl (C=O) groups excluding carboxylic acids is 2. The van der Waals surface area contributed by atoms with Crippen LogP contribution in [0.4, 0.5) is 5.69 Å². The zero-order valence-corrected chi connectivity index (χ0v) is 16.4. The fourth-order valence-electron chi connectivity index (χ4n) is 4.15. The highest BCUT2D eigenvalue weighted by Gasteiger charge is 2.40. The van der Waals surface area contributed by atoms with E-state index >= 15 is 0 Å². The first-order chi connectivity index (χ1) is 13.6. The van der Waals surface area contributed by atoms with Gasteiger partial charge in [-0.1, -0.05) is 42.5 Å². The van der Waals surface area contributed by atoms with Gasteiger partial charge >= 0.3 is 0 Å². The smallest absolute Gasteiger partial charge is 0.239 e. The van der Waals surface area contributed by atoms with E-state index in [1.54, 1.807) is 4.90 Å². The molecule has 0 N–H and O–H groups in total. The summed E-state index contributed by atoms with van der Waals surface area (Å²) in [5, 5.41) is 0. The zero-order valence-electron chi connectivity index (χ0n) is 16.4. The normalized spacial score (nSPS) is 20.6. The molecule has 2 aromatic rings. The number of rotatable bonds is 4. The highest BCUT2D eigenvalue weighted by Crippen LogP contribution is 2.27. The number of piperazine rings is 1. The third-order valence-corrected chi connectivity index (χ3v) is 5.75. The van der Waals surface area contributed by atoms with Gasteiger partial charge in [0.2, 0.25) is 11.8 Å². The predicted molar refractivity (Wildman–Crippen MR) is 110 cm³/mol. The minimum atomic E-state index is -0.527. The monoisotopic (exact) mass is 377 g/mol. The van der Waals surface area contributed by atoms with Gasteiger partial charge in [0.15, 0.2) is 0 Å². The van der Waals surface area contributed by atoms with Gasteiger partial charge in [0.05, 0.1) is 0 Å². The minimum Gasteiger partial charge on any atom is -0.339 e. The van der Waals surface area contributed by atoms with Crippen LogP contribution >= 0.6 is 0 Å². The van der Waals surface area contributed by atoms with Crippen LogP contribution in [-0.4, -0.2) is 54.3 Å². The maximum absolute atomic E-state index is 13.0. The lowest BCUT2D eigenvalue weighted by atomic mass is 10.1. The van der Waals surface area contributed by atoms with E-state index in [1.807, 2.05) is 42.2 Å². The van der Waals surface area contributed by atoms with E-state index in [-0.39, 0.29) is 11.8 Å². The molecule has 2 heterocycles. The van der Waals surface area contributed by atoms with Crippen molar-refractivity contribution in [1.29, 1.82) is 0 Å². The molecule has 4 rings (SSSR count). The third-order valence-electron chi connectivity index (χ3n) is 5.75. The summed E-state index contributed by atoms with van der Waals surface area (Å²) in [7, 11) is 0. The molecule has 0 aromatic heterocycles. The number of nitrogens with zero attached hydrogens (tertiary/aromatic N) is 3. The fourth-order valence-corrected chi connectivity index (χ4v) is 4.15. The quantitative estimate of drug-likeness (QED) is 0.770. The van der Waals surface area contributed by atoms with Crippen molar-refractivity contribution in [3.05, 3.63) is 65.7 Å². The summed E-state index contributed by atoms with van der Waals surface area (Å²) in [6.07, 6.45) is 0.607. The number of anilines is 1. The van der Waals surface area contributed by atoms with Crippen LogP contribution in [0.5, 0.6) is 0 Å². The maximum atomic E-state index is 13.0. The number of aryl methyl sites for hydroxylation is 1. The van der Waals surface area contributed by atoms with E-state index in [0.29, 0.717) is 26.1 Å². The lowest BCUT2D eigenvalue weighted by Gasteiger charge is -2.35. The van der Waals surface area contributed by atoms with Gasteiger partial charge < -0.3 is 9.80 Å². The Hall–Kier alpha value is -2.66. The maximum Gasteiger partial charge on any atom is 0.239 e. The lowest BCUT2D eigenvalue weighted by molar-refractivity contribution is -0.141. The molecule has 0 bridgehead atoms. The van der Waals surface area contributed by atoms with E-state index < -0.39 is 5.92 Å². The molecular weight excluding hydrogens is 350 g/mol. The van der Waals surface area contributed by atoms with E-state index in [4.69, 9.17) is 0 Å². The van der Waals surface area contributed by atoms with Crippen molar-refractivity contribution >= 4 is 17.5 Å². The van der Waals surface area contributed by atoms with Crippen molar-refractivity contribution in [2.45, 2.75) is 19.9 Å². The molecule has 5 nitrogen and oxygen atoms in total. The summed E-state index contributed by atoms with van der Waals surface area (Å²) in [6.45, 7) is 6.63. The van der Waals surface area contributed by atoms with Crippen LogP contribution in [0, 0.1) is 12.8 Å².